The second-order valence-electron chi connectivity index (χ2n) is 4.18. The number of nitro groups is 1. The van der Waals surface area contributed by atoms with Crippen LogP contribution in [0.5, 0.6) is 0 Å². The van der Waals surface area contributed by atoms with Crippen LogP contribution in [-0.4, -0.2) is 15.6 Å². The molecule has 0 aliphatic heterocycles. The Balaban J connectivity index is 3.40. The fraction of sp³-hybridized carbons (Fsp3) is 0.333. The largest absolute Gasteiger partial charge is 0.378 e. The molecule has 0 bridgehead atoms. The molecule has 4 nitrogen and oxygen atoms in total. The molecule has 1 rings (SSSR count). The molecule has 1 aromatic carbocycles. The average molecular weight is 237 g/mol. The summed E-state index contributed by atoms with van der Waals surface area (Å²) in [5.41, 5.74) is -1.15. The predicted octanol–water partition coefficient (Wildman–Crippen LogP) is 2.16. The summed E-state index contributed by atoms with van der Waals surface area (Å²) < 4.78 is 13.0. The minimum absolute atomic E-state index is 0.124. The van der Waals surface area contributed by atoms with Gasteiger partial charge in [-0.3, -0.25) is 10.1 Å². The molecule has 0 radical (unpaired) electrons. The first-order valence-electron chi connectivity index (χ1n) is 4.91. The van der Waals surface area contributed by atoms with E-state index in [1.165, 1.54) is 26.8 Å². The van der Waals surface area contributed by atoms with Crippen LogP contribution in [0.3, 0.4) is 0 Å². The van der Waals surface area contributed by atoms with Crippen molar-refractivity contribution in [3.8, 4) is 11.8 Å². The van der Waals surface area contributed by atoms with E-state index in [1.54, 1.807) is 0 Å². The lowest BCUT2D eigenvalue weighted by Crippen LogP contribution is -2.14. The van der Waals surface area contributed by atoms with Crippen LogP contribution in [0.2, 0.25) is 0 Å². The number of aliphatic hydroxyl groups is 1. The van der Waals surface area contributed by atoms with Gasteiger partial charge in [0.25, 0.3) is 5.69 Å². The van der Waals surface area contributed by atoms with Gasteiger partial charge in [-0.15, -0.1) is 0 Å². The first-order valence-corrected chi connectivity index (χ1v) is 4.91. The summed E-state index contributed by atoms with van der Waals surface area (Å²) in [6, 6.07) is 1.99. The maximum atomic E-state index is 13.0. The molecule has 0 aromatic heterocycles. The van der Waals surface area contributed by atoms with E-state index >= 15 is 0 Å². The monoisotopic (exact) mass is 237 g/mol. The molecule has 0 aliphatic carbocycles. The van der Waals surface area contributed by atoms with Crippen molar-refractivity contribution in [2.45, 2.75) is 26.4 Å². The highest BCUT2D eigenvalue weighted by Gasteiger charge is 2.17. The van der Waals surface area contributed by atoms with E-state index in [2.05, 4.69) is 11.8 Å². The lowest BCUT2D eigenvalue weighted by atomic mass is 10.0. The van der Waals surface area contributed by atoms with Gasteiger partial charge in [0.2, 0.25) is 0 Å². The summed E-state index contributed by atoms with van der Waals surface area (Å²) in [5, 5.41) is 20.2. The molecule has 1 N–H and O–H groups in total. The number of rotatable bonds is 1. The molecule has 5 heteroatoms. The van der Waals surface area contributed by atoms with Crippen molar-refractivity contribution in [3.63, 3.8) is 0 Å². The zero-order valence-electron chi connectivity index (χ0n) is 9.74. The molecule has 0 saturated carbocycles. The highest BCUT2D eigenvalue weighted by atomic mass is 19.1. The fourth-order valence-corrected chi connectivity index (χ4v) is 1.25. The topological polar surface area (TPSA) is 63.4 Å². The van der Waals surface area contributed by atoms with Crippen molar-refractivity contribution in [2.75, 3.05) is 0 Å². The number of benzene rings is 1. The summed E-state index contributed by atoms with van der Waals surface area (Å²) in [7, 11) is 0. The molecule has 17 heavy (non-hydrogen) atoms. The zero-order chi connectivity index (χ0) is 13.2. The maximum Gasteiger partial charge on any atom is 0.288 e. The molecule has 0 atom stereocenters. The average Bonchev–Trinajstić information content (AvgIpc) is 2.13. The van der Waals surface area contributed by atoms with E-state index in [1.807, 2.05) is 0 Å². The Bertz CT molecular complexity index is 521. The van der Waals surface area contributed by atoms with E-state index in [9.17, 15) is 19.6 Å². The molecule has 0 saturated heterocycles. The van der Waals surface area contributed by atoms with E-state index in [-0.39, 0.29) is 11.3 Å². The van der Waals surface area contributed by atoms with Crippen LogP contribution >= 0.6 is 0 Å². The standard InChI is InChI=1S/C12H12FNO3/c1-8-6-9(13)7-11(14(16)17)10(8)4-5-12(2,3)15/h6-7,15H,1-3H3. The molecule has 0 amide bonds. The quantitative estimate of drug-likeness (QED) is 0.462. The maximum absolute atomic E-state index is 13.0. The molecule has 0 aliphatic rings. The summed E-state index contributed by atoms with van der Waals surface area (Å²) in [5.74, 6) is 4.32. The minimum atomic E-state index is -1.26. The number of halogens is 1. The fourth-order valence-electron chi connectivity index (χ4n) is 1.25. The van der Waals surface area contributed by atoms with Gasteiger partial charge in [0.05, 0.1) is 11.0 Å². The van der Waals surface area contributed by atoms with Crippen molar-refractivity contribution in [1.29, 1.82) is 0 Å². The van der Waals surface area contributed by atoms with Crippen LogP contribution < -0.4 is 0 Å². The van der Waals surface area contributed by atoms with Gasteiger partial charge >= 0.3 is 0 Å². The summed E-state index contributed by atoms with van der Waals surface area (Å²) in [6.45, 7) is 4.46. The number of nitrogens with zero attached hydrogens (tertiary/aromatic N) is 1. The van der Waals surface area contributed by atoms with E-state index in [0.29, 0.717) is 5.56 Å². The minimum Gasteiger partial charge on any atom is -0.378 e. The molecule has 0 heterocycles. The van der Waals surface area contributed by atoms with E-state index in [4.69, 9.17) is 0 Å². The van der Waals surface area contributed by atoms with Gasteiger partial charge in [0.15, 0.2) is 0 Å². The van der Waals surface area contributed by atoms with Crippen LogP contribution in [-0.2, 0) is 0 Å². The Morgan fingerprint density at radius 1 is 1.47 bits per heavy atom. The lowest BCUT2D eigenvalue weighted by Gasteiger charge is -2.06. The van der Waals surface area contributed by atoms with Crippen molar-refractivity contribution in [2.24, 2.45) is 0 Å². The second-order valence-corrected chi connectivity index (χ2v) is 4.18. The van der Waals surface area contributed by atoms with Crippen molar-refractivity contribution in [1.82, 2.24) is 0 Å². The second kappa shape index (κ2) is 4.52. The van der Waals surface area contributed by atoms with Gasteiger partial charge < -0.3 is 5.11 Å². The summed E-state index contributed by atoms with van der Waals surface area (Å²) in [4.78, 5) is 10.1. The molecule has 90 valence electrons. The van der Waals surface area contributed by atoms with Gasteiger partial charge in [-0.25, -0.2) is 4.39 Å². The van der Waals surface area contributed by atoms with Gasteiger partial charge in [-0.2, -0.15) is 0 Å². The molecular weight excluding hydrogens is 225 g/mol. The van der Waals surface area contributed by atoms with Gasteiger partial charge in [-0.1, -0.05) is 11.8 Å². The van der Waals surface area contributed by atoms with Crippen molar-refractivity contribution < 1.29 is 14.4 Å². The van der Waals surface area contributed by atoms with Crippen LogP contribution in [0.4, 0.5) is 10.1 Å². The number of aryl methyl sites for hydroxylation is 1. The Morgan fingerprint density at radius 2 is 2.06 bits per heavy atom. The number of hydrogen-bond acceptors (Lipinski definition) is 3. The Hall–Kier alpha value is -1.93. The van der Waals surface area contributed by atoms with Crippen LogP contribution in [0.25, 0.3) is 0 Å². The molecule has 0 fully saturated rings. The highest BCUT2D eigenvalue weighted by molar-refractivity contribution is 5.56. The Morgan fingerprint density at radius 3 is 2.53 bits per heavy atom. The molecule has 0 unspecified atom stereocenters. The molecule has 0 spiro atoms. The van der Waals surface area contributed by atoms with E-state index in [0.717, 1.165) is 6.07 Å². The highest BCUT2D eigenvalue weighted by Crippen LogP contribution is 2.23. The van der Waals surface area contributed by atoms with Gasteiger partial charge in [0, 0.05) is 0 Å². The van der Waals surface area contributed by atoms with E-state index < -0.39 is 16.3 Å². The summed E-state index contributed by atoms with van der Waals surface area (Å²) >= 11 is 0. The smallest absolute Gasteiger partial charge is 0.288 e. The lowest BCUT2D eigenvalue weighted by molar-refractivity contribution is -0.385. The van der Waals surface area contributed by atoms with Crippen molar-refractivity contribution >= 4 is 5.69 Å². The first kappa shape index (κ1) is 13.1. The normalized spacial score (nSPS) is 10.6. The number of hydrogen-bond donors (Lipinski definition) is 1. The third-order valence-corrected chi connectivity index (χ3v) is 1.97. The third-order valence-electron chi connectivity index (χ3n) is 1.97. The number of nitro benzene ring substituents is 1. The predicted molar refractivity (Wildman–Crippen MR) is 61.0 cm³/mol. The summed E-state index contributed by atoms with van der Waals surface area (Å²) in [6.07, 6.45) is 0. The van der Waals surface area contributed by atoms with Gasteiger partial charge in [0.1, 0.15) is 17.0 Å². The zero-order valence-corrected chi connectivity index (χ0v) is 9.74. The molecular formula is C12H12FNO3. The van der Waals surface area contributed by atoms with Crippen LogP contribution in [0.15, 0.2) is 12.1 Å². The van der Waals surface area contributed by atoms with Gasteiger partial charge in [-0.05, 0) is 32.4 Å². The van der Waals surface area contributed by atoms with Crippen molar-refractivity contribution in [3.05, 3.63) is 39.2 Å². The SMILES string of the molecule is Cc1cc(F)cc([N+](=O)[O-])c1C#CC(C)(C)O. The third kappa shape index (κ3) is 3.54. The van der Waals surface area contributed by atoms with Crippen LogP contribution in [0.1, 0.15) is 25.0 Å². The molecule has 1 aromatic rings. The first-order chi connectivity index (χ1) is 7.70. The Kier molecular flexibility index (Phi) is 3.49. The Labute approximate surface area is 98.2 Å². The van der Waals surface area contributed by atoms with Crippen LogP contribution in [0, 0.1) is 34.7 Å².